The second kappa shape index (κ2) is 5.94. The topological polar surface area (TPSA) is 45.1 Å². The minimum atomic E-state index is -0.323. The molecule has 0 fully saturated rings. The molecule has 0 spiro atoms. The molecule has 2 unspecified atom stereocenters. The minimum Gasteiger partial charge on any atom is -0.392 e. The first-order valence-electron chi connectivity index (χ1n) is 6.42. The van der Waals surface area contributed by atoms with Crippen LogP contribution in [-0.2, 0) is 6.42 Å². The van der Waals surface area contributed by atoms with E-state index in [1.54, 1.807) is 6.92 Å². The van der Waals surface area contributed by atoms with E-state index in [1.165, 1.54) is 10.9 Å². The van der Waals surface area contributed by atoms with Crippen molar-refractivity contribution < 1.29 is 5.11 Å². The van der Waals surface area contributed by atoms with Gasteiger partial charge < -0.3 is 10.4 Å². The van der Waals surface area contributed by atoms with E-state index in [-0.39, 0.29) is 12.1 Å². The molecule has 96 valence electrons. The fourth-order valence-corrected chi connectivity index (χ4v) is 1.97. The van der Waals surface area contributed by atoms with E-state index in [4.69, 9.17) is 0 Å². The number of hydrogen-bond acceptors (Lipinski definition) is 3. The first kappa shape index (κ1) is 13.0. The molecule has 18 heavy (non-hydrogen) atoms. The number of aromatic nitrogens is 1. The zero-order valence-electron chi connectivity index (χ0n) is 10.9. The van der Waals surface area contributed by atoms with Gasteiger partial charge in [-0.05, 0) is 38.4 Å². The van der Waals surface area contributed by atoms with Crippen molar-refractivity contribution in [3.63, 3.8) is 0 Å². The van der Waals surface area contributed by atoms with Gasteiger partial charge in [-0.2, -0.15) is 0 Å². The van der Waals surface area contributed by atoms with Gasteiger partial charge in [0, 0.05) is 17.6 Å². The monoisotopic (exact) mass is 244 g/mol. The molecule has 0 bridgehead atoms. The molecular weight excluding hydrogens is 224 g/mol. The van der Waals surface area contributed by atoms with Gasteiger partial charge in [-0.25, -0.2) is 0 Å². The highest BCUT2D eigenvalue weighted by atomic mass is 16.3. The number of aliphatic hydroxyl groups is 1. The van der Waals surface area contributed by atoms with E-state index in [0.717, 1.165) is 18.5 Å². The zero-order valence-corrected chi connectivity index (χ0v) is 10.9. The van der Waals surface area contributed by atoms with Crippen molar-refractivity contribution >= 4 is 10.9 Å². The summed E-state index contributed by atoms with van der Waals surface area (Å²) in [7, 11) is 0. The Labute approximate surface area is 108 Å². The summed E-state index contributed by atoms with van der Waals surface area (Å²) >= 11 is 0. The minimum absolute atomic E-state index is 0.118. The number of fused-ring (bicyclic) bond motifs is 1. The van der Waals surface area contributed by atoms with Crippen molar-refractivity contribution in [2.75, 3.05) is 6.54 Å². The Bertz CT molecular complexity index is 505. The fraction of sp³-hybridized carbons (Fsp3) is 0.400. The number of nitrogens with zero attached hydrogens (tertiary/aromatic N) is 1. The number of rotatable bonds is 5. The lowest BCUT2D eigenvalue weighted by Crippen LogP contribution is -2.36. The molecule has 0 amide bonds. The summed E-state index contributed by atoms with van der Waals surface area (Å²) in [5, 5.41) is 13.9. The van der Waals surface area contributed by atoms with Crippen molar-refractivity contribution in [1.82, 2.24) is 10.3 Å². The molecule has 3 heteroatoms. The van der Waals surface area contributed by atoms with Crippen LogP contribution in [0.25, 0.3) is 10.9 Å². The third kappa shape index (κ3) is 3.06. The Morgan fingerprint density at radius 2 is 2.00 bits per heavy atom. The lowest BCUT2D eigenvalue weighted by atomic mass is 10.1. The summed E-state index contributed by atoms with van der Waals surface area (Å²) in [6.07, 6.45) is 2.43. The van der Waals surface area contributed by atoms with E-state index in [9.17, 15) is 5.11 Å². The Hall–Kier alpha value is -1.45. The largest absolute Gasteiger partial charge is 0.392 e. The molecule has 1 aromatic carbocycles. The average Bonchev–Trinajstić information content (AvgIpc) is 2.38. The smallest absolute Gasteiger partial charge is 0.0734 e. The quantitative estimate of drug-likeness (QED) is 0.847. The van der Waals surface area contributed by atoms with Crippen LogP contribution in [-0.4, -0.2) is 28.8 Å². The molecular formula is C15H20N2O. The van der Waals surface area contributed by atoms with Crippen LogP contribution in [0.5, 0.6) is 0 Å². The molecule has 0 saturated heterocycles. The Balaban J connectivity index is 2.04. The lowest BCUT2D eigenvalue weighted by Gasteiger charge is -2.16. The fourth-order valence-electron chi connectivity index (χ4n) is 1.97. The van der Waals surface area contributed by atoms with Crippen molar-refractivity contribution in [1.29, 1.82) is 0 Å². The predicted octanol–water partition coefficient (Wildman–Crippen LogP) is 2.14. The van der Waals surface area contributed by atoms with Crippen LogP contribution in [0.4, 0.5) is 0 Å². The Kier molecular flexibility index (Phi) is 4.28. The maximum atomic E-state index is 9.41. The Morgan fingerprint density at radius 3 is 2.78 bits per heavy atom. The maximum absolute atomic E-state index is 9.41. The number of benzene rings is 1. The number of hydrogen-bond donors (Lipinski definition) is 2. The number of aliphatic hydroxyl groups excluding tert-OH is 1. The molecule has 2 rings (SSSR count). The van der Waals surface area contributed by atoms with Crippen LogP contribution < -0.4 is 5.32 Å². The lowest BCUT2D eigenvalue weighted by molar-refractivity contribution is 0.153. The van der Waals surface area contributed by atoms with Crippen LogP contribution in [0, 0.1) is 0 Å². The zero-order chi connectivity index (χ0) is 13.0. The molecule has 0 saturated carbocycles. The van der Waals surface area contributed by atoms with E-state index in [1.807, 2.05) is 19.2 Å². The van der Waals surface area contributed by atoms with Gasteiger partial charge in [0.05, 0.1) is 11.6 Å². The third-order valence-electron chi connectivity index (χ3n) is 3.30. The predicted molar refractivity (Wildman–Crippen MR) is 74.6 cm³/mol. The SMILES string of the molecule is CC(O)C(C)NCCc1cccc2cccnc12. The summed E-state index contributed by atoms with van der Waals surface area (Å²) < 4.78 is 0. The maximum Gasteiger partial charge on any atom is 0.0734 e. The van der Waals surface area contributed by atoms with Crippen molar-refractivity contribution in [2.45, 2.75) is 32.4 Å². The molecule has 3 nitrogen and oxygen atoms in total. The van der Waals surface area contributed by atoms with Gasteiger partial charge in [0.2, 0.25) is 0 Å². The number of pyridine rings is 1. The highest BCUT2D eigenvalue weighted by Gasteiger charge is 2.07. The van der Waals surface area contributed by atoms with Crippen molar-refractivity contribution in [2.24, 2.45) is 0 Å². The summed E-state index contributed by atoms with van der Waals surface area (Å²) in [6.45, 7) is 4.64. The van der Waals surface area contributed by atoms with Crippen LogP contribution in [0.3, 0.4) is 0 Å². The average molecular weight is 244 g/mol. The van der Waals surface area contributed by atoms with Crippen LogP contribution >= 0.6 is 0 Å². The highest BCUT2D eigenvalue weighted by Crippen LogP contribution is 2.15. The summed E-state index contributed by atoms with van der Waals surface area (Å²) in [4.78, 5) is 4.44. The summed E-state index contributed by atoms with van der Waals surface area (Å²) in [5.41, 5.74) is 2.32. The number of para-hydroxylation sites is 1. The molecule has 0 radical (unpaired) electrons. The van der Waals surface area contributed by atoms with Gasteiger partial charge in [-0.15, -0.1) is 0 Å². The molecule has 0 aliphatic carbocycles. The second-order valence-electron chi connectivity index (χ2n) is 4.73. The van der Waals surface area contributed by atoms with E-state index in [2.05, 4.69) is 34.6 Å². The highest BCUT2D eigenvalue weighted by molar-refractivity contribution is 5.81. The standard InChI is InChI=1S/C15H20N2O/c1-11(12(2)18)16-10-8-14-6-3-5-13-7-4-9-17-15(13)14/h3-7,9,11-12,16,18H,8,10H2,1-2H3. The van der Waals surface area contributed by atoms with Crippen molar-refractivity contribution in [3.8, 4) is 0 Å². The van der Waals surface area contributed by atoms with Gasteiger partial charge in [0.1, 0.15) is 0 Å². The van der Waals surface area contributed by atoms with Gasteiger partial charge >= 0.3 is 0 Å². The summed E-state index contributed by atoms with van der Waals surface area (Å²) in [5.74, 6) is 0. The molecule has 2 atom stereocenters. The third-order valence-corrected chi connectivity index (χ3v) is 3.30. The van der Waals surface area contributed by atoms with Gasteiger partial charge in [-0.1, -0.05) is 24.3 Å². The van der Waals surface area contributed by atoms with Gasteiger partial charge in [0.15, 0.2) is 0 Å². The van der Waals surface area contributed by atoms with E-state index < -0.39 is 0 Å². The summed E-state index contributed by atoms with van der Waals surface area (Å²) in [6, 6.07) is 10.4. The normalized spacial score (nSPS) is 14.6. The van der Waals surface area contributed by atoms with E-state index in [0.29, 0.717) is 0 Å². The van der Waals surface area contributed by atoms with Crippen LogP contribution in [0.2, 0.25) is 0 Å². The Morgan fingerprint density at radius 1 is 1.22 bits per heavy atom. The van der Waals surface area contributed by atoms with Gasteiger partial charge in [-0.3, -0.25) is 4.98 Å². The molecule has 0 aliphatic heterocycles. The molecule has 0 aliphatic rings. The number of nitrogens with one attached hydrogen (secondary N) is 1. The molecule has 2 aromatic rings. The first-order valence-corrected chi connectivity index (χ1v) is 6.42. The molecule has 2 N–H and O–H groups in total. The van der Waals surface area contributed by atoms with Gasteiger partial charge in [0.25, 0.3) is 0 Å². The second-order valence-corrected chi connectivity index (χ2v) is 4.73. The van der Waals surface area contributed by atoms with Crippen molar-refractivity contribution in [3.05, 3.63) is 42.1 Å². The van der Waals surface area contributed by atoms with E-state index >= 15 is 0 Å². The van der Waals surface area contributed by atoms with Crippen LogP contribution in [0.1, 0.15) is 19.4 Å². The molecule has 1 aromatic heterocycles. The first-order chi connectivity index (χ1) is 8.68. The molecule has 1 heterocycles. The van der Waals surface area contributed by atoms with Crippen LogP contribution in [0.15, 0.2) is 36.5 Å².